The topological polar surface area (TPSA) is 137 Å². The number of nitrogens with zero attached hydrogens (tertiary/aromatic N) is 5. The predicted molar refractivity (Wildman–Crippen MR) is 108 cm³/mol. The van der Waals surface area contributed by atoms with Gasteiger partial charge in [-0.2, -0.15) is 15.0 Å². The Bertz CT molecular complexity index is 976. The van der Waals surface area contributed by atoms with Crippen molar-refractivity contribution in [2.75, 3.05) is 22.9 Å². The van der Waals surface area contributed by atoms with Crippen LogP contribution in [0.3, 0.4) is 0 Å². The molecule has 0 aliphatic carbocycles. The summed E-state index contributed by atoms with van der Waals surface area (Å²) in [4.78, 5) is 24.5. The van der Waals surface area contributed by atoms with E-state index in [1.807, 2.05) is 11.8 Å². The zero-order valence-corrected chi connectivity index (χ0v) is 15.7. The number of nitro groups is 1. The van der Waals surface area contributed by atoms with Crippen molar-refractivity contribution < 1.29 is 9.31 Å². The minimum atomic E-state index is -0.450. The molecular weight excluding hydrogens is 377 g/mol. The van der Waals surface area contributed by atoms with Gasteiger partial charge in [0.15, 0.2) is 0 Å². The quantitative estimate of drug-likeness (QED) is 0.458. The molecule has 0 spiro atoms. The standard InChI is InChI=1S/C19H20FN7O2/c1-12(14-4-8-16(9-5-14)27(28)29)26(19-24-17(21)23-18(22)25-19)11-10-13-2-6-15(20)7-3-13/h2-9,12H,10-11H2,1H3,(H4,21,22,23,24,25)/t12-/m0/s1. The Kier molecular flexibility index (Phi) is 5.82. The van der Waals surface area contributed by atoms with Gasteiger partial charge in [-0.1, -0.05) is 24.3 Å². The number of halogens is 1. The van der Waals surface area contributed by atoms with Crippen LogP contribution in [0.5, 0.6) is 0 Å². The second-order valence-electron chi connectivity index (χ2n) is 6.45. The van der Waals surface area contributed by atoms with Crippen LogP contribution in [0.4, 0.5) is 27.9 Å². The van der Waals surface area contributed by atoms with Crippen molar-refractivity contribution in [3.8, 4) is 0 Å². The number of non-ortho nitro benzene ring substituents is 1. The van der Waals surface area contributed by atoms with Crippen molar-refractivity contribution in [3.63, 3.8) is 0 Å². The van der Waals surface area contributed by atoms with Crippen molar-refractivity contribution in [2.45, 2.75) is 19.4 Å². The highest BCUT2D eigenvalue weighted by Crippen LogP contribution is 2.27. The third kappa shape index (κ3) is 4.92. The number of nitro benzene ring substituents is 1. The molecule has 0 aliphatic heterocycles. The normalized spacial score (nSPS) is 11.8. The number of benzene rings is 2. The Balaban J connectivity index is 1.90. The van der Waals surface area contributed by atoms with E-state index in [-0.39, 0.29) is 29.4 Å². The number of rotatable bonds is 7. The molecule has 0 saturated heterocycles. The van der Waals surface area contributed by atoms with E-state index in [1.54, 1.807) is 24.3 Å². The molecule has 0 aliphatic rings. The molecule has 4 N–H and O–H groups in total. The third-order valence-corrected chi connectivity index (χ3v) is 4.52. The molecule has 9 nitrogen and oxygen atoms in total. The first-order valence-corrected chi connectivity index (χ1v) is 8.86. The highest BCUT2D eigenvalue weighted by Gasteiger charge is 2.21. The Morgan fingerprint density at radius 2 is 1.62 bits per heavy atom. The second-order valence-corrected chi connectivity index (χ2v) is 6.45. The molecule has 2 aromatic carbocycles. The summed E-state index contributed by atoms with van der Waals surface area (Å²) in [5.41, 5.74) is 13.2. The summed E-state index contributed by atoms with van der Waals surface area (Å²) in [6, 6.07) is 12.2. The van der Waals surface area contributed by atoms with Gasteiger partial charge in [0.2, 0.25) is 17.8 Å². The van der Waals surface area contributed by atoms with Gasteiger partial charge in [-0.25, -0.2) is 4.39 Å². The third-order valence-electron chi connectivity index (χ3n) is 4.52. The van der Waals surface area contributed by atoms with Gasteiger partial charge in [0.25, 0.3) is 5.69 Å². The van der Waals surface area contributed by atoms with Gasteiger partial charge in [-0.05, 0) is 36.6 Å². The molecule has 29 heavy (non-hydrogen) atoms. The highest BCUT2D eigenvalue weighted by molar-refractivity contribution is 5.44. The van der Waals surface area contributed by atoms with Crippen LogP contribution in [0, 0.1) is 15.9 Å². The lowest BCUT2D eigenvalue weighted by molar-refractivity contribution is -0.384. The highest BCUT2D eigenvalue weighted by atomic mass is 19.1. The van der Waals surface area contributed by atoms with E-state index < -0.39 is 4.92 Å². The van der Waals surface area contributed by atoms with Crippen LogP contribution in [0.25, 0.3) is 0 Å². The summed E-state index contributed by atoms with van der Waals surface area (Å²) in [5.74, 6) is -0.0174. The van der Waals surface area contributed by atoms with Crippen molar-refractivity contribution in [3.05, 3.63) is 75.6 Å². The zero-order valence-electron chi connectivity index (χ0n) is 15.7. The van der Waals surface area contributed by atoms with Crippen molar-refractivity contribution >= 4 is 23.5 Å². The lowest BCUT2D eigenvalue weighted by Crippen LogP contribution is -2.31. The van der Waals surface area contributed by atoms with Crippen LogP contribution in [-0.4, -0.2) is 26.4 Å². The summed E-state index contributed by atoms with van der Waals surface area (Å²) in [5, 5.41) is 10.9. The van der Waals surface area contributed by atoms with E-state index in [2.05, 4.69) is 15.0 Å². The van der Waals surface area contributed by atoms with E-state index in [0.717, 1.165) is 11.1 Å². The summed E-state index contributed by atoms with van der Waals surface area (Å²) in [7, 11) is 0. The molecule has 0 fully saturated rings. The van der Waals surface area contributed by atoms with E-state index in [9.17, 15) is 14.5 Å². The number of hydrogen-bond donors (Lipinski definition) is 2. The van der Waals surface area contributed by atoms with E-state index in [0.29, 0.717) is 18.9 Å². The van der Waals surface area contributed by atoms with Gasteiger partial charge < -0.3 is 16.4 Å². The molecule has 0 amide bonds. The monoisotopic (exact) mass is 397 g/mol. The minimum absolute atomic E-state index is 0.00446. The molecule has 150 valence electrons. The largest absolute Gasteiger partial charge is 0.368 e. The van der Waals surface area contributed by atoms with Gasteiger partial charge in [-0.3, -0.25) is 10.1 Å². The molecule has 1 atom stereocenters. The predicted octanol–water partition coefficient (Wildman–Crippen LogP) is 2.89. The van der Waals surface area contributed by atoms with Gasteiger partial charge in [0.05, 0.1) is 11.0 Å². The van der Waals surface area contributed by atoms with Crippen molar-refractivity contribution in [1.82, 2.24) is 15.0 Å². The maximum atomic E-state index is 13.2. The maximum absolute atomic E-state index is 13.2. The molecular formula is C19H20FN7O2. The molecule has 10 heteroatoms. The van der Waals surface area contributed by atoms with Crippen molar-refractivity contribution in [1.29, 1.82) is 0 Å². The van der Waals surface area contributed by atoms with Crippen LogP contribution in [0.15, 0.2) is 48.5 Å². The fourth-order valence-corrected chi connectivity index (χ4v) is 2.95. The SMILES string of the molecule is C[C@@H](c1ccc([N+](=O)[O-])cc1)N(CCc1ccc(F)cc1)c1nc(N)nc(N)n1. The lowest BCUT2D eigenvalue weighted by atomic mass is 10.1. The summed E-state index contributed by atoms with van der Waals surface area (Å²) >= 11 is 0. The average Bonchev–Trinajstić information content (AvgIpc) is 2.68. The molecule has 3 rings (SSSR count). The fraction of sp³-hybridized carbons (Fsp3) is 0.211. The molecule has 1 aromatic heterocycles. The second kappa shape index (κ2) is 8.46. The Morgan fingerprint density at radius 1 is 1.03 bits per heavy atom. The van der Waals surface area contributed by atoms with Gasteiger partial charge in [-0.15, -0.1) is 0 Å². The molecule has 1 heterocycles. The van der Waals surface area contributed by atoms with E-state index >= 15 is 0 Å². The van der Waals surface area contributed by atoms with E-state index in [1.165, 1.54) is 24.3 Å². The minimum Gasteiger partial charge on any atom is -0.368 e. The lowest BCUT2D eigenvalue weighted by Gasteiger charge is -2.30. The van der Waals surface area contributed by atoms with Crippen LogP contribution >= 0.6 is 0 Å². The van der Waals surface area contributed by atoms with Gasteiger partial charge in [0.1, 0.15) is 5.82 Å². The Hall–Kier alpha value is -3.82. The number of nitrogens with two attached hydrogens (primary N) is 2. The Morgan fingerprint density at radius 3 is 2.17 bits per heavy atom. The molecule has 0 unspecified atom stereocenters. The number of nitrogen functional groups attached to an aromatic ring is 2. The summed E-state index contributed by atoms with van der Waals surface area (Å²) in [6.07, 6.45) is 0.586. The maximum Gasteiger partial charge on any atom is 0.269 e. The number of hydrogen-bond acceptors (Lipinski definition) is 8. The number of anilines is 3. The first-order chi connectivity index (χ1) is 13.8. The fourth-order valence-electron chi connectivity index (χ4n) is 2.95. The molecule has 0 saturated carbocycles. The van der Waals surface area contributed by atoms with E-state index in [4.69, 9.17) is 11.5 Å². The molecule has 0 bridgehead atoms. The van der Waals surface area contributed by atoms with Gasteiger partial charge in [0, 0.05) is 18.7 Å². The van der Waals surface area contributed by atoms with Crippen LogP contribution < -0.4 is 16.4 Å². The summed E-state index contributed by atoms with van der Waals surface area (Å²) in [6.45, 7) is 2.40. The van der Waals surface area contributed by atoms with Crippen LogP contribution in [0.2, 0.25) is 0 Å². The molecule has 0 radical (unpaired) electrons. The van der Waals surface area contributed by atoms with Crippen LogP contribution in [-0.2, 0) is 6.42 Å². The van der Waals surface area contributed by atoms with Gasteiger partial charge >= 0.3 is 0 Å². The first-order valence-electron chi connectivity index (χ1n) is 8.86. The average molecular weight is 397 g/mol. The van der Waals surface area contributed by atoms with Crippen molar-refractivity contribution in [2.24, 2.45) is 0 Å². The number of aromatic nitrogens is 3. The van der Waals surface area contributed by atoms with Crippen LogP contribution in [0.1, 0.15) is 24.1 Å². The molecule has 3 aromatic rings. The Labute approximate surface area is 166 Å². The first kappa shape index (κ1) is 19.9. The zero-order chi connectivity index (χ0) is 21.0. The summed E-state index contributed by atoms with van der Waals surface area (Å²) < 4.78 is 13.2. The smallest absolute Gasteiger partial charge is 0.269 e.